The minimum absolute atomic E-state index is 0.0617. The third kappa shape index (κ3) is 4.80. The van der Waals surface area contributed by atoms with Gasteiger partial charge in [-0.15, -0.1) is 11.8 Å². The van der Waals surface area contributed by atoms with Crippen LogP contribution in [0.4, 0.5) is 0 Å². The molecule has 0 aliphatic heterocycles. The van der Waals surface area contributed by atoms with Gasteiger partial charge in [0.2, 0.25) is 0 Å². The SMILES string of the molecule is CCCOc1ccccc1C(=O)CSc1cccc(Cl)c1. The molecule has 0 saturated heterocycles. The summed E-state index contributed by atoms with van der Waals surface area (Å²) in [5.41, 5.74) is 0.639. The molecule has 0 bridgehead atoms. The summed E-state index contributed by atoms with van der Waals surface area (Å²) in [5, 5.41) is 0.680. The van der Waals surface area contributed by atoms with E-state index in [0.29, 0.717) is 28.7 Å². The molecule has 0 atom stereocenters. The number of hydrogen-bond donors (Lipinski definition) is 0. The van der Waals surface area contributed by atoms with E-state index in [-0.39, 0.29) is 5.78 Å². The van der Waals surface area contributed by atoms with Crippen LogP contribution < -0.4 is 4.74 Å². The average molecular weight is 321 g/mol. The van der Waals surface area contributed by atoms with Crippen LogP contribution in [0.1, 0.15) is 23.7 Å². The fourth-order valence-corrected chi connectivity index (χ4v) is 2.91. The second kappa shape index (κ2) is 8.11. The van der Waals surface area contributed by atoms with E-state index in [4.69, 9.17) is 16.3 Å². The second-order valence-electron chi connectivity index (χ2n) is 4.51. The van der Waals surface area contributed by atoms with E-state index in [1.807, 2.05) is 55.5 Å². The molecule has 0 aliphatic carbocycles. The Kier molecular flexibility index (Phi) is 6.15. The molecule has 0 unspecified atom stereocenters. The minimum atomic E-state index is 0.0617. The summed E-state index contributed by atoms with van der Waals surface area (Å²) in [5.74, 6) is 1.09. The van der Waals surface area contributed by atoms with Crippen LogP contribution in [0.2, 0.25) is 5.02 Å². The lowest BCUT2D eigenvalue weighted by Gasteiger charge is -2.09. The molecule has 0 heterocycles. The molecule has 4 heteroatoms. The minimum Gasteiger partial charge on any atom is -0.493 e. The number of carbonyl (C=O) groups excluding carboxylic acids is 1. The Hall–Kier alpha value is -1.45. The highest BCUT2D eigenvalue weighted by atomic mass is 35.5. The van der Waals surface area contributed by atoms with E-state index in [0.717, 1.165) is 11.3 Å². The van der Waals surface area contributed by atoms with Crippen LogP contribution in [0.25, 0.3) is 0 Å². The number of ether oxygens (including phenoxy) is 1. The first-order valence-corrected chi connectivity index (χ1v) is 8.20. The number of ketones is 1. The van der Waals surface area contributed by atoms with Crippen molar-refractivity contribution in [3.05, 3.63) is 59.1 Å². The highest BCUT2D eigenvalue weighted by Crippen LogP contribution is 2.25. The van der Waals surface area contributed by atoms with Gasteiger partial charge in [0.05, 0.1) is 17.9 Å². The van der Waals surface area contributed by atoms with Gasteiger partial charge in [-0.2, -0.15) is 0 Å². The maximum atomic E-state index is 12.4. The Morgan fingerprint density at radius 1 is 1.19 bits per heavy atom. The van der Waals surface area contributed by atoms with Crippen LogP contribution in [0, 0.1) is 0 Å². The van der Waals surface area contributed by atoms with Crippen LogP contribution in [0.3, 0.4) is 0 Å². The van der Waals surface area contributed by atoms with E-state index < -0.39 is 0 Å². The third-order valence-electron chi connectivity index (χ3n) is 2.82. The first-order valence-electron chi connectivity index (χ1n) is 6.84. The first-order chi connectivity index (χ1) is 10.2. The lowest BCUT2D eigenvalue weighted by Crippen LogP contribution is -2.06. The number of para-hydroxylation sites is 1. The normalized spacial score (nSPS) is 10.4. The molecule has 110 valence electrons. The van der Waals surface area contributed by atoms with Gasteiger partial charge >= 0.3 is 0 Å². The number of thioether (sulfide) groups is 1. The van der Waals surface area contributed by atoms with Gasteiger partial charge in [-0.1, -0.05) is 36.7 Å². The van der Waals surface area contributed by atoms with Gasteiger partial charge in [-0.05, 0) is 36.8 Å². The Bertz CT molecular complexity index is 613. The molecule has 21 heavy (non-hydrogen) atoms. The Balaban J connectivity index is 2.03. The molecule has 2 aromatic carbocycles. The first kappa shape index (κ1) is 15.9. The van der Waals surface area contributed by atoms with E-state index in [2.05, 4.69) is 0 Å². The van der Waals surface area contributed by atoms with E-state index in [1.54, 1.807) is 0 Å². The zero-order chi connectivity index (χ0) is 15.1. The Morgan fingerprint density at radius 2 is 2.00 bits per heavy atom. The molecular weight excluding hydrogens is 304 g/mol. The van der Waals surface area contributed by atoms with Crippen LogP contribution >= 0.6 is 23.4 Å². The highest BCUT2D eigenvalue weighted by Gasteiger charge is 2.12. The number of Topliss-reactive ketones (excluding diaryl/α,β-unsaturated/α-hetero) is 1. The summed E-state index contributed by atoms with van der Waals surface area (Å²) in [6.07, 6.45) is 0.916. The molecule has 0 fully saturated rings. The van der Waals surface area contributed by atoms with Gasteiger partial charge in [0.1, 0.15) is 5.75 Å². The summed E-state index contributed by atoms with van der Waals surface area (Å²) in [6.45, 7) is 2.66. The molecule has 0 aromatic heterocycles. The summed E-state index contributed by atoms with van der Waals surface area (Å²) in [4.78, 5) is 13.3. The lowest BCUT2D eigenvalue weighted by atomic mass is 10.1. The molecule has 0 aliphatic rings. The van der Waals surface area contributed by atoms with Gasteiger partial charge in [0, 0.05) is 9.92 Å². The van der Waals surface area contributed by atoms with Gasteiger partial charge in [0.25, 0.3) is 0 Å². The predicted octanol–water partition coefficient (Wildman–Crippen LogP) is 5.10. The number of carbonyl (C=O) groups is 1. The molecule has 0 saturated carbocycles. The maximum absolute atomic E-state index is 12.4. The molecule has 0 amide bonds. The monoisotopic (exact) mass is 320 g/mol. The van der Waals surface area contributed by atoms with E-state index in [1.165, 1.54) is 11.8 Å². The smallest absolute Gasteiger partial charge is 0.176 e. The zero-order valence-corrected chi connectivity index (χ0v) is 13.4. The highest BCUT2D eigenvalue weighted by molar-refractivity contribution is 8.00. The quantitative estimate of drug-likeness (QED) is 0.524. The third-order valence-corrected chi connectivity index (χ3v) is 4.04. The van der Waals surface area contributed by atoms with Crippen molar-refractivity contribution < 1.29 is 9.53 Å². The van der Waals surface area contributed by atoms with Crippen LogP contribution in [0.5, 0.6) is 5.75 Å². The number of benzene rings is 2. The lowest BCUT2D eigenvalue weighted by molar-refractivity contribution is 0.101. The second-order valence-corrected chi connectivity index (χ2v) is 6.00. The molecule has 0 N–H and O–H groups in total. The molecular formula is C17H17ClO2S. The van der Waals surface area contributed by atoms with Gasteiger partial charge in [0.15, 0.2) is 5.78 Å². The standard InChI is InChI=1S/C17H17ClO2S/c1-2-10-20-17-9-4-3-8-15(17)16(19)12-21-14-7-5-6-13(18)11-14/h3-9,11H,2,10,12H2,1H3. The van der Waals surface area contributed by atoms with Gasteiger partial charge < -0.3 is 4.74 Å². The van der Waals surface area contributed by atoms with Crippen molar-refractivity contribution in [2.75, 3.05) is 12.4 Å². The van der Waals surface area contributed by atoms with E-state index >= 15 is 0 Å². The van der Waals surface area contributed by atoms with E-state index in [9.17, 15) is 4.79 Å². The average Bonchev–Trinajstić information content (AvgIpc) is 2.51. The molecule has 2 rings (SSSR count). The summed E-state index contributed by atoms with van der Waals surface area (Å²) in [7, 11) is 0. The fraction of sp³-hybridized carbons (Fsp3) is 0.235. The van der Waals surface area contributed by atoms with Crippen molar-refractivity contribution in [3.63, 3.8) is 0 Å². The van der Waals surface area contributed by atoms with Crippen LogP contribution in [-0.2, 0) is 0 Å². The molecule has 2 aromatic rings. The van der Waals surface area contributed by atoms with Gasteiger partial charge in [-0.25, -0.2) is 0 Å². The summed E-state index contributed by atoms with van der Waals surface area (Å²) in [6, 6.07) is 14.9. The van der Waals surface area contributed by atoms with Crippen LogP contribution in [-0.4, -0.2) is 18.1 Å². The van der Waals surface area contributed by atoms with Crippen LogP contribution in [0.15, 0.2) is 53.4 Å². The number of hydrogen-bond acceptors (Lipinski definition) is 3. The Morgan fingerprint density at radius 3 is 2.76 bits per heavy atom. The van der Waals surface area contributed by atoms with Crippen molar-refractivity contribution in [3.8, 4) is 5.75 Å². The van der Waals surface area contributed by atoms with Gasteiger partial charge in [-0.3, -0.25) is 4.79 Å². The topological polar surface area (TPSA) is 26.3 Å². The molecule has 0 radical (unpaired) electrons. The van der Waals surface area contributed by atoms with Crippen molar-refractivity contribution in [1.29, 1.82) is 0 Å². The number of rotatable bonds is 7. The molecule has 0 spiro atoms. The van der Waals surface area contributed by atoms with Crippen molar-refractivity contribution in [2.24, 2.45) is 0 Å². The Labute approximate surface area is 134 Å². The van der Waals surface area contributed by atoms with Crippen molar-refractivity contribution in [2.45, 2.75) is 18.2 Å². The maximum Gasteiger partial charge on any atom is 0.176 e. The van der Waals surface area contributed by atoms with Crippen molar-refractivity contribution in [1.82, 2.24) is 0 Å². The predicted molar refractivity (Wildman–Crippen MR) is 88.7 cm³/mol. The fourth-order valence-electron chi connectivity index (χ4n) is 1.82. The largest absolute Gasteiger partial charge is 0.493 e. The molecule has 2 nitrogen and oxygen atoms in total. The summed E-state index contributed by atoms with van der Waals surface area (Å²) < 4.78 is 5.63. The van der Waals surface area contributed by atoms with Crippen molar-refractivity contribution >= 4 is 29.1 Å². The zero-order valence-electron chi connectivity index (χ0n) is 11.8. The number of halogens is 1. The summed E-state index contributed by atoms with van der Waals surface area (Å²) >= 11 is 7.42.